The van der Waals surface area contributed by atoms with E-state index in [1.165, 1.54) is 12.1 Å². The van der Waals surface area contributed by atoms with Crippen molar-refractivity contribution < 1.29 is 32.2 Å². The highest BCUT2D eigenvalue weighted by Crippen LogP contribution is 2.29. The van der Waals surface area contributed by atoms with E-state index in [1.807, 2.05) is 0 Å². The molecule has 26 heavy (non-hydrogen) atoms. The number of carbonyl (C=O) groups excluding carboxylic acids is 1. The predicted molar refractivity (Wildman–Crippen MR) is 89.0 cm³/mol. The Bertz CT molecular complexity index is 694. The second kappa shape index (κ2) is 9.12. The van der Waals surface area contributed by atoms with Crippen molar-refractivity contribution in [3.8, 4) is 11.5 Å². The monoisotopic (exact) mass is 368 g/mol. The van der Waals surface area contributed by atoms with E-state index >= 15 is 0 Å². The number of rotatable bonds is 8. The van der Waals surface area contributed by atoms with Crippen molar-refractivity contribution in [3.05, 3.63) is 59.7 Å². The minimum absolute atomic E-state index is 0.154. The van der Waals surface area contributed by atoms with Gasteiger partial charge in [0.2, 0.25) is 0 Å². The molecule has 7 heteroatoms. The summed E-state index contributed by atoms with van der Waals surface area (Å²) in [4.78, 5) is 11.2. The lowest BCUT2D eigenvalue weighted by Gasteiger charge is -2.10. The Morgan fingerprint density at radius 1 is 0.923 bits per heavy atom. The molecule has 0 saturated heterocycles. The van der Waals surface area contributed by atoms with Crippen LogP contribution < -0.4 is 9.47 Å². The zero-order valence-electron chi connectivity index (χ0n) is 14.2. The average molecular weight is 368 g/mol. The lowest BCUT2D eigenvalue weighted by Crippen LogP contribution is -2.09. The quantitative estimate of drug-likeness (QED) is 0.638. The Morgan fingerprint density at radius 2 is 1.50 bits per heavy atom. The molecule has 140 valence electrons. The topological polar surface area (TPSA) is 44.8 Å². The molecule has 0 aliphatic heterocycles. The van der Waals surface area contributed by atoms with E-state index in [9.17, 15) is 18.0 Å². The van der Waals surface area contributed by atoms with Crippen LogP contribution in [0, 0.1) is 0 Å². The summed E-state index contributed by atoms with van der Waals surface area (Å²) in [7, 11) is 0. The van der Waals surface area contributed by atoms with E-state index in [1.54, 1.807) is 31.2 Å². The Hall–Kier alpha value is -2.70. The molecule has 0 amide bonds. The molecule has 0 radical (unpaired) electrons. The van der Waals surface area contributed by atoms with E-state index in [0.717, 1.165) is 12.1 Å². The van der Waals surface area contributed by atoms with Crippen LogP contribution in [0.4, 0.5) is 13.2 Å². The zero-order chi connectivity index (χ0) is 19.0. The van der Waals surface area contributed by atoms with Crippen LogP contribution in [0.5, 0.6) is 11.5 Å². The van der Waals surface area contributed by atoms with Crippen molar-refractivity contribution in [1.29, 1.82) is 0 Å². The Morgan fingerprint density at radius 3 is 2.04 bits per heavy atom. The van der Waals surface area contributed by atoms with Gasteiger partial charge in [0, 0.05) is 0 Å². The molecule has 0 aliphatic rings. The van der Waals surface area contributed by atoms with Crippen molar-refractivity contribution in [1.82, 2.24) is 0 Å². The van der Waals surface area contributed by atoms with Crippen LogP contribution in [-0.2, 0) is 22.3 Å². The summed E-state index contributed by atoms with van der Waals surface area (Å²) in [6.45, 7) is 2.44. The van der Waals surface area contributed by atoms with Gasteiger partial charge in [-0.05, 0) is 48.9 Å². The largest absolute Gasteiger partial charge is 0.493 e. The molecule has 0 bridgehead atoms. The molecule has 0 heterocycles. The van der Waals surface area contributed by atoms with Gasteiger partial charge in [-0.25, -0.2) is 0 Å². The van der Waals surface area contributed by atoms with E-state index < -0.39 is 11.7 Å². The Balaban J connectivity index is 1.79. The maximum atomic E-state index is 12.5. The highest BCUT2D eigenvalue weighted by atomic mass is 19.4. The standard InChI is InChI=1S/C19H19F3O4/c1-2-24-18(23)11-12-25-16-7-9-17(10-8-16)26-13-14-3-5-15(6-4-14)19(20,21)22/h3-10H,2,11-13H2,1H3. The van der Waals surface area contributed by atoms with E-state index in [4.69, 9.17) is 14.2 Å². The van der Waals surface area contributed by atoms with Gasteiger partial charge in [0.15, 0.2) is 0 Å². The molecule has 2 aromatic rings. The van der Waals surface area contributed by atoms with Crippen molar-refractivity contribution in [2.45, 2.75) is 26.1 Å². The van der Waals surface area contributed by atoms with E-state index in [0.29, 0.717) is 23.7 Å². The molecule has 0 atom stereocenters. The zero-order valence-corrected chi connectivity index (χ0v) is 14.2. The molecule has 0 fully saturated rings. The fourth-order valence-corrected chi connectivity index (χ4v) is 2.07. The smallest absolute Gasteiger partial charge is 0.416 e. The highest BCUT2D eigenvalue weighted by molar-refractivity contribution is 5.69. The third-order valence-electron chi connectivity index (χ3n) is 3.39. The molecule has 0 aliphatic carbocycles. The van der Waals surface area contributed by atoms with Crippen LogP contribution in [0.15, 0.2) is 48.5 Å². The summed E-state index contributed by atoms with van der Waals surface area (Å²) in [5.41, 5.74) is -0.0571. The molecule has 4 nitrogen and oxygen atoms in total. The molecule has 0 saturated carbocycles. The number of halogens is 3. The average Bonchev–Trinajstić information content (AvgIpc) is 2.61. The van der Waals surface area contributed by atoms with Crippen LogP contribution in [0.1, 0.15) is 24.5 Å². The Kier molecular flexibility index (Phi) is 6.89. The molecular weight excluding hydrogens is 349 g/mol. The fraction of sp³-hybridized carbons (Fsp3) is 0.316. The van der Waals surface area contributed by atoms with Gasteiger partial charge < -0.3 is 14.2 Å². The van der Waals surface area contributed by atoms with Crippen molar-refractivity contribution >= 4 is 5.97 Å². The van der Waals surface area contributed by atoms with Gasteiger partial charge in [-0.3, -0.25) is 4.79 Å². The predicted octanol–water partition coefficient (Wildman–Crippen LogP) is 4.62. The second-order valence-electron chi connectivity index (χ2n) is 5.36. The Labute approximate surface area is 149 Å². The molecule has 0 spiro atoms. The highest BCUT2D eigenvalue weighted by Gasteiger charge is 2.29. The summed E-state index contributed by atoms with van der Waals surface area (Å²) >= 11 is 0. The molecule has 0 aromatic heterocycles. The van der Waals surface area contributed by atoms with E-state index in [2.05, 4.69) is 0 Å². The van der Waals surface area contributed by atoms with Crippen molar-refractivity contribution in [3.63, 3.8) is 0 Å². The number of ether oxygens (including phenoxy) is 3. The SMILES string of the molecule is CCOC(=O)CCOc1ccc(OCc2ccc(C(F)(F)F)cc2)cc1. The van der Waals surface area contributed by atoms with Crippen molar-refractivity contribution in [2.75, 3.05) is 13.2 Å². The number of hydrogen-bond acceptors (Lipinski definition) is 4. The third kappa shape index (κ3) is 6.31. The molecule has 0 N–H and O–H groups in total. The molecule has 0 unspecified atom stereocenters. The van der Waals surface area contributed by atoms with Crippen LogP contribution in [0.3, 0.4) is 0 Å². The van der Waals surface area contributed by atoms with Crippen molar-refractivity contribution in [2.24, 2.45) is 0 Å². The van der Waals surface area contributed by atoms with Crippen LogP contribution in [0.2, 0.25) is 0 Å². The van der Waals surface area contributed by atoms with Crippen LogP contribution in [-0.4, -0.2) is 19.2 Å². The first-order chi connectivity index (χ1) is 12.4. The van der Waals surface area contributed by atoms with Crippen LogP contribution in [0.25, 0.3) is 0 Å². The normalized spacial score (nSPS) is 11.1. The van der Waals surface area contributed by atoms with Crippen LogP contribution >= 0.6 is 0 Å². The number of esters is 1. The maximum absolute atomic E-state index is 12.5. The minimum atomic E-state index is -4.34. The first-order valence-corrected chi connectivity index (χ1v) is 8.06. The summed E-state index contributed by atoms with van der Waals surface area (Å²) in [6.07, 6.45) is -4.18. The van der Waals surface area contributed by atoms with Gasteiger partial charge in [-0.1, -0.05) is 12.1 Å². The first kappa shape index (κ1) is 19.6. The van der Waals surface area contributed by atoms with Gasteiger partial charge >= 0.3 is 12.1 Å². The number of alkyl halides is 3. The number of hydrogen-bond donors (Lipinski definition) is 0. The minimum Gasteiger partial charge on any atom is -0.493 e. The summed E-state index contributed by atoms with van der Waals surface area (Å²) in [5.74, 6) is 0.822. The van der Waals surface area contributed by atoms with Gasteiger partial charge in [-0.2, -0.15) is 13.2 Å². The van der Waals surface area contributed by atoms with E-state index in [-0.39, 0.29) is 25.6 Å². The fourth-order valence-electron chi connectivity index (χ4n) is 2.07. The van der Waals surface area contributed by atoms with Gasteiger partial charge in [0.25, 0.3) is 0 Å². The third-order valence-corrected chi connectivity index (χ3v) is 3.39. The lowest BCUT2D eigenvalue weighted by molar-refractivity contribution is -0.143. The number of carbonyl (C=O) groups is 1. The second-order valence-corrected chi connectivity index (χ2v) is 5.36. The van der Waals surface area contributed by atoms with Gasteiger partial charge in [0.05, 0.1) is 25.2 Å². The van der Waals surface area contributed by atoms with Gasteiger partial charge in [-0.15, -0.1) is 0 Å². The summed E-state index contributed by atoms with van der Waals surface area (Å²) in [6, 6.07) is 11.6. The maximum Gasteiger partial charge on any atom is 0.416 e. The molecular formula is C19H19F3O4. The van der Waals surface area contributed by atoms with Gasteiger partial charge in [0.1, 0.15) is 18.1 Å². The number of benzene rings is 2. The lowest BCUT2D eigenvalue weighted by atomic mass is 10.1. The summed E-state index contributed by atoms with van der Waals surface area (Å²) in [5, 5.41) is 0. The first-order valence-electron chi connectivity index (χ1n) is 8.06. The molecule has 2 rings (SSSR count). The molecule has 2 aromatic carbocycles. The summed E-state index contributed by atoms with van der Waals surface area (Å²) < 4.78 is 53.3.